The molecular formula is C27H24NO2P. The van der Waals surface area contributed by atoms with Gasteiger partial charge in [0.15, 0.2) is 0 Å². The van der Waals surface area contributed by atoms with Crippen molar-refractivity contribution >= 4 is 28.9 Å². The van der Waals surface area contributed by atoms with Crippen LogP contribution < -0.4 is 15.9 Å². The summed E-state index contributed by atoms with van der Waals surface area (Å²) < 4.78 is 5.41. The molecule has 0 bridgehead atoms. The van der Waals surface area contributed by atoms with Crippen LogP contribution in [0.3, 0.4) is 0 Å². The van der Waals surface area contributed by atoms with Crippen LogP contribution in [0.4, 0.5) is 0 Å². The highest BCUT2D eigenvalue weighted by molar-refractivity contribution is 7.87. The van der Waals surface area contributed by atoms with Gasteiger partial charge < -0.3 is 5.11 Å². The Morgan fingerprint density at radius 2 is 1.06 bits per heavy atom. The number of carboxylic acid groups (broad SMARTS) is 1. The van der Waals surface area contributed by atoms with E-state index in [9.17, 15) is 4.79 Å². The third-order valence-electron chi connectivity index (χ3n) is 5.30. The van der Waals surface area contributed by atoms with E-state index >= 15 is 0 Å². The van der Waals surface area contributed by atoms with Crippen LogP contribution in [-0.2, 0) is 6.42 Å². The number of benzene rings is 4. The van der Waals surface area contributed by atoms with Gasteiger partial charge in [-0.15, -0.1) is 0 Å². The second kappa shape index (κ2) is 9.59. The smallest absolute Gasteiger partial charge is 0.335 e. The van der Waals surface area contributed by atoms with Crippen LogP contribution >= 0.6 is 7.05 Å². The molecule has 0 saturated heterocycles. The normalized spacial score (nSPS) is 11.1. The number of hydrogen-bond acceptors (Lipinski definition) is 2. The number of carboxylic acids is 1. The van der Waals surface area contributed by atoms with Crippen molar-refractivity contribution in [3.63, 3.8) is 0 Å². The summed E-state index contributed by atoms with van der Waals surface area (Å²) in [6, 6.07) is 38.8. The van der Waals surface area contributed by atoms with E-state index in [-0.39, 0.29) is 0 Å². The molecule has 31 heavy (non-hydrogen) atoms. The predicted molar refractivity (Wildman–Crippen MR) is 130 cm³/mol. The number of carbonyl (C=O) groups is 1. The van der Waals surface area contributed by atoms with E-state index in [0.29, 0.717) is 12.1 Å². The first kappa shape index (κ1) is 20.8. The van der Waals surface area contributed by atoms with Gasteiger partial charge in [0.05, 0.1) is 12.6 Å². The molecule has 3 nitrogen and oxygen atoms in total. The van der Waals surface area contributed by atoms with Gasteiger partial charge in [-0.1, -0.05) is 103 Å². The monoisotopic (exact) mass is 425 g/mol. The molecule has 0 heterocycles. The molecule has 0 aliphatic carbocycles. The van der Waals surface area contributed by atoms with Gasteiger partial charge in [-0.2, -0.15) is 0 Å². The molecule has 4 heteroatoms. The lowest BCUT2D eigenvalue weighted by Crippen LogP contribution is -2.25. The molecule has 0 aliphatic rings. The number of hydrogen-bond donors (Lipinski definition) is 1. The Kier molecular flexibility index (Phi) is 6.45. The van der Waals surface area contributed by atoms with Gasteiger partial charge in [0.25, 0.3) is 0 Å². The first-order chi connectivity index (χ1) is 15.2. The lowest BCUT2D eigenvalue weighted by molar-refractivity contribution is 0.0697. The van der Waals surface area contributed by atoms with Crippen LogP contribution in [-0.4, -0.2) is 17.6 Å². The van der Waals surface area contributed by atoms with Crippen LogP contribution in [0.25, 0.3) is 0 Å². The van der Waals surface area contributed by atoms with Crippen molar-refractivity contribution in [2.24, 2.45) is 4.74 Å². The van der Waals surface area contributed by atoms with E-state index in [4.69, 9.17) is 9.85 Å². The van der Waals surface area contributed by atoms with Gasteiger partial charge in [-0.05, 0) is 24.1 Å². The van der Waals surface area contributed by atoms with Crippen LogP contribution in [0.15, 0.2) is 120 Å². The molecule has 154 valence electrons. The topological polar surface area (TPSA) is 49.7 Å². The first-order valence-electron chi connectivity index (χ1n) is 10.3. The van der Waals surface area contributed by atoms with Crippen molar-refractivity contribution < 1.29 is 9.90 Å². The summed E-state index contributed by atoms with van der Waals surface area (Å²) in [5.74, 6) is -0.904. The number of rotatable bonds is 7. The lowest BCUT2D eigenvalue weighted by Gasteiger charge is -2.27. The second-order valence-corrected chi connectivity index (χ2v) is 10.4. The van der Waals surface area contributed by atoms with Gasteiger partial charge in [-0.25, -0.2) is 4.79 Å². The van der Waals surface area contributed by atoms with Crippen molar-refractivity contribution in [2.45, 2.75) is 6.42 Å². The molecule has 0 aliphatic heterocycles. The quantitative estimate of drug-likeness (QED) is 0.419. The Bertz CT molecular complexity index is 1090. The summed E-state index contributed by atoms with van der Waals surface area (Å²) in [4.78, 5) is 11.1. The fourth-order valence-electron chi connectivity index (χ4n) is 3.77. The van der Waals surface area contributed by atoms with E-state index in [1.54, 1.807) is 12.1 Å². The van der Waals surface area contributed by atoms with Crippen molar-refractivity contribution in [1.82, 2.24) is 0 Å². The highest BCUT2D eigenvalue weighted by Gasteiger charge is 2.26. The van der Waals surface area contributed by atoms with Gasteiger partial charge >= 0.3 is 5.97 Å². The minimum atomic E-state index is -2.18. The average molecular weight is 425 g/mol. The SMILES string of the molecule is O=C(O)c1ccc(CCN=P(c2ccccc2)(c2ccccc2)c2ccccc2)cc1. The molecule has 0 fully saturated rings. The molecule has 0 amide bonds. The van der Waals surface area contributed by atoms with E-state index in [0.717, 1.165) is 12.0 Å². The van der Waals surface area contributed by atoms with Gasteiger partial charge in [0.1, 0.15) is 0 Å². The highest BCUT2D eigenvalue weighted by Crippen LogP contribution is 2.46. The maximum absolute atomic E-state index is 11.1. The molecular weight excluding hydrogens is 401 g/mol. The largest absolute Gasteiger partial charge is 0.478 e. The minimum Gasteiger partial charge on any atom is -0.478 e. The summed E-state index contributed by atoms with van der Waals surface area (Å²) in [5, 5.41) is 12.8. The Morgan fingerprint density at radius 3 is 1.45 bits per heavy atom. The molecule has 4 rings (SSSR count). The number of nitrogens with zero attached hydrogens (tertiary/aromatic N) is 1. The molecule has 0 saturated carbocycles. The molecule has 0 spiro atoms. The van der Waals surface area contributed by atoms with Crippen molar-refractivity contribution in [3.8, 4) is 0 Å². The Morgan fingerprint density at radius 1 is 0.645 bits per heavy atom. The second-order valence-electron chi connectivity index (χ2n) is 7.26. The molecule has 4 aromatic carbocycles. The highest BCUT2D eigenvalue weighted by atomic mass is 31.2. The molecule has 4 aromatic rings. The Hall–Kier alpha value is -3.42. The van der Waals surface area contributed by atoms with E-state index in [1.807, 2.05) is 30.3 Å². The van der Waals surface area contributed by atoms with Gasteiger partial charge in [0.2, 0.25) is 0 Å². The summed E-state index contributed by atoms with van der Waals surface area (Å²) in [6.07, 6.45) is 0.758. The lowest BCUT2D eigenvalue weighted by atomic mass is 10.1. The maximum Gasteiger partial charge on any atom is 0.335 e. The summed E-state index contributed by atoms with van der Waals surface area (Å²) in [6.45, 7) is 0.652. The van der Waals surface area contributed by atoms with Crippen LogP contribution in [0.1, 0.15) is 15.9 Å². The van der Waals surface area contributed by atoms with E-state index in [2.05, 4.69) is 72.8 Å². The summed E-state index contributed by atoms with van der Waals surface area (Å²) in [5.41, 5.74) is 1.39. The molecule has 0 unspecified atom stereocenters. The Labute approximate surface area is 183 Å². The fourth-order valence-corrected chi connectivity index (χ4v) is 7.36. The molecule has 1 N–H and O–H groups in total. The Balaban J connectivity index is 1.80. The van der Waals surface area contributed by atoms with E-state index < -0.39 is 13.0 Å². The maximum atomic E-state index is 11.1. The first-order valence-corrected chi connectivity index (χ1v) is 12.0. The fraction of sp³-hybridized carbons (Fsp3) is 0.0741. The zero-order chi connectivity index (χ0) is 21.5. The van der Waals surface area contributed by atoms with Crippen molar-refractivity contribution in [2.75, 3.05) is 6.54 Å². The van der Waals surface area contributed by atoms with Gasteiger partial charge in [0, 0.05) is 22.5 Å². The predicted octanol–water partition coefficient (Wildman–Crippen LogP) is 5.11. The van der Waals surface area contributed by atoms with Crippen LogP contribution in [0.2, 0.25) is 0 Å². The van der Waals surface area contributed by atoms with Crippen LogP contribution in [0, 0.1) is 0 Å². The minimum absolute atomic E-state index is 0.306. The molecule has 0 aromatic heterocycles. The molecule has 0 atom stereocenters. The average Bonchev–Trinajstić information content (AvgIpc) is 2.84. The third-order valence-corrected chi connectivity index (χ3v) is 9.06. The van der Waals surface area contributed by atoms with Gasteiger partial charge in [-0.3, -0.25) is 4.74 Å². The summed E-state index contributed by atoms with van der Waals surface area (Å²) in [7, 11) is -2.18. The standard InChI is InChI=1S/C27H24NO2P/c29-27(30)23-18-16-22(17-19-23)20-21-28-31(24-10-4-1-5-11-24,25-12-6-2-7-13-25)26-14-8-3-9-15-26/h1-19H,20-21H2,(H,29,30). The summed E-state index contributed by atoms with van der Waals surface area (Å²) >= 11 is 0. The number of aromatic carboxylic acids is 1. The third kappa shape index (κ3) is 4.52. The zero-order valence-electron chi connectivity index (χ0n) is 17.1. The van der Waals surface area contributed by atoms with Crippen molar-refractivity contribution in [3.05, 3.63) is 126 Å². The zero-order valence-corrected chi connectivity index (χ0v) is 18.0. The van der Waals surface area contributed by atoms with Crippen molar-refractivity contribution in [1.29, 1.82) is 0 Å². The van der Waals surface area contributed by atoms with Crippen LogP contribution in [0.5, 0.6) is 0 Å². The molecule has 0 radical (unpaired) electrons. The van der Waals surface area contributed by atoms with E-state index in [1.165, 1.54) is 15.9 Å².